The van der Waals surface area contributed by atoms with Crippen molar-refractivity contribution < 1.29 is 14.4 Å². The summed E-state index contributed by atoms with van der Waals surface area (Å²) in [6.45, 7) is 2.86. The number of fused-ring (bicyclic) bond motifs is 1. The summed E-state index contributed by atoms with van der Waals surface area (Å²) in [6.07, 6.45) is 0.929. The lowest BCUT2D eigenvalue weighted by Gasteiger charge is -2.40. The molecule has 0 radical (unpaired) electrons. The van der Waals surface area contributed by atoms with Crippen LogP contribution in [0.1, 0.15) is 28.2 Å². The van der Waals surface area contributed by atoms with E-state index in [0.717, 1.165) is 15.2 Å². The van der Waals surface area contributed by atoms with Gasteiger partial charge in [0.25, 0.3) is 11.8 Å². The Labute approximate surface area is 155 Å². The second-order valence-corrected chi connectivity index (χ2v) is 8.18. The minimum absolute atomic E-state index is 0.0411. The summed E-state index contributed by atoms with van der Waals surface area (Å²) in [4.78, 5) is 46.4. The molecule has 7 nitrogen and oxygen atoms in total. The number of hydrogen-bond donors (Lipinski definition) is 0. The van der Waals surface area contributed by atoms with Crippen LogP contribution < -0.4 is 0 Å². The van der Waals surface area contributed by atoms with Crippen LogP contribution in [-0.2, 0) is 4.79 Å². The number of urea groups is 1. The maximum Gasteiger partial charge on any atom is 0.327 e. The molecule has 2 fully saturated rings. The molecule has 1 aromatic carbocycles. The molecule has 0 unspecified atom stereocenters. The molecule has 0 aliphatic carbocycles. The first-order valence-electron chi connectivity index (χ1n) is 8.56. The first kappa shape index (κ1) is 17.0. The van der Waals surface area contributed by atoms with Crippen LogP contribution >= 0.6 is 11.3 Å². The molecule has 2 saturated heterocycles. The molecule has 0 saturated carbocycles. The minimum atomic E-state index is -0.804. The number of thiazole rings is 1. The van der Waals surface area contributed by atoms with Crippen molar-refractivity contribution in [1.82, 2.24) is 19.7 Å². The number of carbonyl (C=O) groups is 3. The summed E-state index contributed by atoms with van der Waals surface area (Å²) in [5.41, 5.74) is 0.735. The highest BCUT2D eigenvalue weighted by atomic mass is 32.1. The predicted molar refractivity (Wildman–Crippen MR) is 98.2 cm³/mol. The zero-order valence-electron chi connectivity index (χ0n) is 15.0. The zero-order valence-corrected chi connectivity index (χ0v) is 15.8. The molecule has 1 spiro atoms. The van der Waals surface area contributed by atoms with E-state index < -0.39 is 5.54 Å². The zero-order chi connectivity index (χ0) is 18.6. The third-order valence-corrected chi connectivity index (χ3v) is 6.47. The molecule has 8 heteroatoms. The number of aromatic nitrogens is 1. The van der Waals surface area contributed by atoms with Gasteiger partial charge in [-0.25, -0.2) is 9.78 Å². The number of imide groups is 1. The highest BCUT2D eigenvalue weighted by Gasteiger charge is 2.55. The first-order chi connectivity index (χ1) is 12.3. The Bertz CT molecular complexity index is 930. The predicted octanol–water partition coefficient (Wildman–Crippen LogP) is 2.10. The van der Waals surface area contributed by atoms with Crippen LogP contribution in [0.4, 0.5) is 4.79 Å². The van der Waals surface area contributed by atoms with Crippen molar-refractivity contribution in [3.63, 3.8) is 0 Å². The summed E-state index contributed by atoms with van der Waals surface area (Å²) in [5, 5.41) is 0.973. The Hall–Kier alpha value is -2.48. The van der Waals surface area contributed by atoms with E-state index in [1.807, 2.05) is 19.1 Å². The van der Waals surface area contributed by atoms with Gasteiger partial charge in [0, 0.05) is 32.7 Å². The maximum absolute atomic E-state index is 12.9. The van der Waals surface area contributed by atoms with Gasteiger partial charge in [-0.3, -0.25) is 14.5 Å². The molecule has 2 aliphatic rings. The number of piperidine rings is 1. The number of likely N-dealkylation sites (tertiary alicyclic amines) is 1. The maximum atomic E-state index is 12.9. The van der Waals surface area contributed by atoms with E-state index in [2.05, 4.69) is 4.98 Å². The number of aryl methyl sites for hydroxylation is 1. The molecule has 2 aliphatic heterocycles. The fourth-order valence-corrected chi connectivity index (χ4v) is 4.80. The Morgan fingerprint density at radius 3 is 2.50 bits per heavy atom. The van der Waals surface area contributed by atoms with Gasteiger partial charge >= 0.3 is 6.03 Å². The van der Waals surface area contributed by atoms with Gasteiger partial charge < -0.3 is 9.80 Å². The molecule has 136 valence electrons. The Kier molecular flexibility index (Phi) is 3.76. The number of benzene rings is 1. The summed E-state index contributed by atoms with van der Waals surface area (Å²) >= 11 is 1.57. The molecule has 2 aromatic rings. The SMILES string of the molecule is Cc1nc2ccc(C(=O)N3CCC4(CC3)C(=O)N(C)C(=O)N4C)cc2s1. The number of nitrogens with zero attached hydrogens (tertiary/aromatic N) is 4. The average molecular weight is 372 g/mol. The van der Waals surface area contributed by atoms with Crippen LogP contribution in [-0.4, -0.2) is 70.3 Å². The van der Waals surface area contributed by atoms with Crippen molar-refractivity contribution in [2.24, 2.45) is 0 Å². The van der Waals surface area contributed by atoms with Gasteiger partial charge in [0.1, 0.15) is 5.54 Å². The van der Waals surface area contributed by atoms with Gasteiger partial charge in [0.2, 0.25) is 0 Å². The van der Waals surface area contributed by atoms with Crippen LogP contribution in [0, 0.1) is 6.92 Å². The lowest BCUT2D eigenvalue weighted by Crippen LogP contribution is -2.56. The van der Waals surface area contributed by atoms with Crippen molar-refractivity contribution in [2.75, 3.05) is 27.2 Å². The van der Waals surface area contributed by atoms with Crippen LogP contribution in [0.3, 0.4) is 0 Å². The Morgan fingerprint density at radius 2 is 1.88 bits per heavy atom. The molecule has 0 bridgehead atoms. The third-order valence-electron chi connectivity index (χ3n) is 5.54. The highest BCUT2D eigenvalue weighted by Crippen LogP contribution is 2.36. The van der Waals surface area contributed by atoms with Gasteiger partial charge in [-0.2, -0.15) is 0 Å². The van der Waals surface area contributed by atoms with Gasteiger partial charge in [0.05, 0.1) is 15.2 Å². The lowest BCUT2D eigenvalue weighted by molar-refractivity contribution is -0.134. The Balaban J connectivity index is 1.53. The van der Waals surface area contributed by atoms with E-state index in [4.69, 9.17) is 0 Å². The van der Waals surface area contributed by atoms with E-state index in [1.54, 1.807) is 29.4 Å². The second-order valence-electron chi connectivity index (χ2n) is 6.94. The molecule has 26 heavy (non-hydrogen) atoms. The summed E-state index contributed by atoms with van der Waals surface area (Å²) < 4.78 is 1.000. The van der Waals surface area contributed by atoms with E-state index in [-0.39, 0.29) is 17.8 Å². The molecule has 4 rings (SSSR count). The fraction of sp³-hybridized carbons (Fsp3) is 0.444. The quantitative estimate of drug-likeness (QED) is 0.719. The molecule has 3 heterocycles. The van der Waals surface area contributed by atoms with E-state index >= 15 is 0 Å². The molecule has 0 N–H and O–H groups in total. The monoisotopic (exact) mass is 372 g/mol. The summed E-state index contributed by atoms with van der Waals surface area (Å²) in [5.74, 6) is -0.209. The van der Waals surface area contributed by atoms with Crippen molar-refractivity contribution >= 4 is 39.4 Å². The third kappa shape index (κ3) is 2.32. The first-order valence-corrected chi connectivity index (χ1v) is 9.37. The van der Waals surface area contributed by atoms with Crippen LogP contribution in [0.5, 0.6) is 0 Å². The number of carbonyl (C=O) groups excluding carboxylic acids is 3. The molecule has 4 amide bonds. The van der Waals surface area contributed by atoms with Crippen LogP contribution in [0.15, 0.2) is 18.2 Å². The van der Waals surface area contributed by atoms with Crippen molar-refractivity contribution in [3.05, 3.63) is 28.8 Å². The van der Waals surface area contributed by atoms with Gasteiger partial charge in [-0.15, -0.1) is 11.3 Å². The summed E-state index contributed by atoms with van der Waals surface area (Å²) in [7, 11) is 3.18. The van der Waals surface area contributed by atoms with Gasteiger partial charge in [-0.1, -0.05) is 0 Å². The van der Waals surface area contributed by atoms with E-state index in [0.29, 0.717) is 31.5 Å². The second kappa shape index (κ2) is 5.77. The number of likely N-dealkylation sites (N-methyl/N-ethyl adjacent to an activating group) is 2. The van der Waals surface area contributed by atoms with Crippen molar-refractivity contribution in [3.8, 4) is 0 Å². The molecule has 0 atom stereocenters. The normalized spacial score (nSPS) is 19.9. The fourth-order valence-electron chi connectivity index (χ4n) is 3.94. The Morgan fingerprint density at radius 1 is 1.19 bits per heavy atom. The molecular weight excluding hydrogens is 352 g/mol. The lowest BCUT2D eigenvalue weighted by atomic mass is 9.86. The van der Waals surface area contributed by atoms with Crippen LogP contribution in [0.25, 0.3) is 10.2 Å². The number of rotatable bonds is 1. The average Bonchev–Trinajstić information content (AvgIpc) is 3.09. The summed E-state index contributed by atoms with van der Waals surface area (Å²) in [6, 6.07) is 5.29. The molecular formula is C18H20N4O3S. The van der Waals surface area contributed by atoms with Crippen molar-refractivity contribution in [2.45, 2.75) is 25.3 Å². The van der Waals surface area contributed by atoms with E-state index in [9.17, 15) is 14.4 Å². The number of amides is 4. The van der Waals surface area contributed by atoms with Crippen LogP contribution in [0.2, 0.25) is 0 Å². The van der Waals surface area contributed by atoms with E-state index in [1.165, 1.54) is 16.8 Å². The highest BCUT2D eigenvalue weighted by molar-refractivity contribution is 7.18. The number of hydrogen-bond acceptors (Lipinski definition) is 5. The largest absolute Gasteiger partial charge is 0.338 e. The topological polar surface area (TPSA) is 73.8 Å². The van der Waals surface area contributed by atoms with Gasteiger partial charge in [0.15, 0.2) is 0 Å². The smallest absolute Gasteiger partial charge is 0.327 e. The van der Waals surface area contributed by atoms with Crippen molar-refractivity contribution in [1.29, 1.82) is 0 Å². The van der Waals surface area contributed by atoms with Gasteiger partial charge in [-0.05, 0) is 38.0 Å². The minimum Gasteiger partial charge on any atom is -0.338 e. The molecule has 1 aromatic heterocycles. The standard InChI is InChI=1S/C18H20N4O3S/c1-11-19-13-5-4-12(10-14(13)26-11)15(23)22-8-6-18(7-9-22)16(24)20(2)17(25)21(18)3/h4-5,10H,6-9H2,1-3H3.